The molecule has 1 aliphatic heterocycles. The summed E-state index contributed by atoms with van der Waals surface area (Å²) in [6, 6.07) is 6.92. The van der Waals surface area contributed by atoms with Crippen LogP contribution in [0.15, 0.2) is 29.2 Å². The molecule has 6 nitrogen and oxygen atoms in total. The number of hydrogen-bond acceptors (Lipinski definition) is 4. The predicted molar refractivity (Wildman–Crippen MR) is 98.9 cm³/mol. The van der Waals surface area contributed by atoms with Gasteiger partial charge in [0.05, 0.1) is 4.90 Å². The molecular formula is C18H29N3O3S. The number of sulfonamides is 1. The van der Waals surface area contributed by atoms with Gasteiger partial charge in [-0.1, -0.05) is 12.1 Å². The van der Waals surface area contributed by atoms with E-state index in [9.17, 15) is 13.2 Å². The van der Waals surface area contributed by atoms with Crippen LogP contribution in [-0.2, 0) is 21.2 Å². The molecule has 0 bridgehead atoms. The molecule has 0 radical (unpaired) electrons. The zero-order valence-electron chi connectivity index (χ0n) is 15.2. The fourth-order valence-electron chi connectivity index (χ4n) is 2.87. The van der Waals surface area contributed by atoms with Gasteiger partial charge in [0.25, 0.3) is 0 Å². The zero-order chi connectivity index (χ0) is 18.3. The van der Waals surface area contributed by atoms with Crippen molar-refractivity contribution in [1.82, 2.24) is 14.5 Å². The molecule has 1 aromatic carbocycles. The smallest absolute Gasteiger partial charge is 0.243 e. The maximum absolute atomic E-state index is 12.5. The van der Waals surface area contributed by atoms with Crippen LogP contribution in [0.1, 0.15) is 31.2 Å². The van der Waals surface area contributed by atoms with Crippen LogP contribution in [0.3, 0.4) is 0 Å². The molecular weight excluding hydrogens is 338 g/mol. The Labute approximate surface area is 151 Å². The maximum Gasteiger partial charge on any atom is 0.243 e. The third kappa shape index (κ3) is 6.09. The lowest BCUT2D eigenvalue weighted by Gasteiger charge is -2.15. The van der Waals surface area contributed by atoms with Crippen LogP contribution >= 0.6 is 0 Å². The second-order valence-electron chi connectivity index (χ2n) is 6.76. The van der Waals surface area contributed by atoms with E-state index in [0.717, 1.165) is 31.4 Å². The molecule has 1 saturated heterocycles. The van der Waals surface area contributed by atoms with Crippen LogP contribution in [0, 0.1) is 0 Å². The first-order valence-corrected chi connectivity index (χ1v) is 10.3. The monoisotopic (exact) mass is 367 g/mol. The number of benzene rings is 1. The first-order chi connectivity index (χ1) is 11.9. The molecule has 0 aliphatic carbocycles. The highest BCUT2D eigenvalue weighted by atomic mass is 32.2. The van der Waals surface area contributed by atoms with E-state index in [2.05, 4.69) is 10.2 Å². The van der Waals surface area contributed by atoms with E-state index in [-0.39, 0.29) is 5.91 Å². The highest BCUT2D eigenvalue weighted by Crippen LogP contribution is 2.21. The number of carbonyl (C=O) groups is 1. The topological polar surface area (TPSA) is 69.7 Å². The first kappa shape index (κ1) is 19.9. The van der Waals surface area contributed by atoms with Gasteiger partial charge in [0.1, 0.15) is 0 Å². The highest BCUT2D eigenvalue weighted by Gasteiger charge is 2.26. The van der Waals surface area contributed by atoms with Crippen molar-refractivity contribution in [3.8, 4) is 0 Å². The molecule has 0 spiro atoms. The SMILES string of the molecule is CN(C)CCCNC(=O)CCc1ccc(S(=O)(=O)N2CCCC2)cc1. The fraction of sp³-hybridized carbons (Fsp3) is 0.611. The summed E-state index contributed by atoms with van der Waals surface area (Å²) in [7, 11) is 0.660. The average molecular weight is 368 g/mol. The Morgan fingerprint density at radius 1 is 1.16 bits per heavy atom. The lowest BCUT2D eigenvalue weighted by Crippen LogP contribution is -2.28. The van der Waals surface area contributed by atoms with Gasteiger partial charge < -0.3 is 10.2 Å². The Kier molecular flexibility index (Phi) is 7.40. The summed E-state index contributed by atoms with van der Waals surface area (Å²) < 4.78 is 26.5. The Balaban J connectivity index is 1.79. The average Bonchev–Trinajstić information content (AvgIpc) is 3.12. The van der Waals surface area contributed by atoms with Crippen molar-refractivity contribution in [1.29, 1.82) is 0 Å². The van der Waals surface area contributed by atoms with Crippen molar-refractivity contribution in [2.45, 2.75) is 37.0 Å². The van der Waals surface area contributed by atoms with Crippen LogP contribution < -0.4 is 5.32 Å². The zero-order valence-corrected chi connectivity index (χ0v) is 16.0. The lowest BCUT2D eigenvalue weighted by molar-refractivity contribution is -0.121. The van der Waals surface area contributed by atoms with Crippen molar-refractivity contribution in [3.05, 3.63) is 29.8 Å². The van der Waals surface area contributed by atoms with E-state index in [1.165, 1.54) is 0 Å². The third-order valence-corrected chi connectivity index (χ3v) is 6.28. The molecule has 1 heterocycles. The van der Waals surface area contributed by atoms with Crippen LogP contribution in [-0.4, -0.2) is 63.8 Å². The third-order valence-electron chi connectivity index (χ3n) is 4.37. The molecule has 1 aliphatic rings. The predicted octanol–water partition coefficient (Wildman–Crippen LogP) is 1.47. The van der Waals surface area contributed by atoms with Gasteiger partial charge in [0, 0.05) is 26.1 Å². The molecule has 2 rings (SSSR count). The molecule has 0 saturated carbocycles. The Morgan fingerprint density at radius 2 is 1.80 bits per heavy atom. The summed E-state index contributed by atoms with van der Waals surface area (Å²) in [5.41, 5.74) is 0.976. The minimum atomic E-state index is -3.36. The van der Waals surface area contributed by atoms with E-state index in [4.69, 9.17) is 0 Å². The van der Waals surface area contributed by atoms with Crippen molar-refractivity contribution < 1.29 is 13.2 Å². The molecule has 1 aromatic rings. The van der Waals surface area contributed by atoms with E-state index in [1.54, 1.807) is 16.4 Å². The van der Waals surface area contributed by atoms with Crippen molar-refractivity contribution in [2.24, 2.45) is 0 Å². The number of hydrogen-bond donors (Lipinski definition) is 1. The summed E-state index contributed by atoms with van der Waals surface area (Å²) in [5, 5.41) is 2.91. The van der Waals surface area contributed by atoms with Gasteiger partial charge in [0.2, 0.25) is 15.9 Å². The quantitative estimate of drug-likeness (QED) is 0.671. The summed E-state index contributed by atoms with van der Waals surface area (Å²) in [6.07, 6.45) is 3.83. The van der Waals surface area contributed by atoms with Crippen LogP contribution in [0.5, 0.6) is 0 Å². The van der Waals surface area contributed by atoms with Crippen molar-refractivity contribution in [2.75, 3.05) is 40.3 Å². The minimum absolute atomic E-state index is 0.0347. The number of nitrogens with zero attached hydrogens (tertiary/aromatic N) is 2. The Bertz CT molecular complexity index is 651. The number of carbonyl (C=O) groups excluding carboxylic acids is 1. The maximum atomic E-state index is 12.5. The van der Waals surface area contributed by atoms with Crippen molar-refractivity contribution >= 4 is 15.9 Å². The number of rotatable bonds is 9. The van der Waals surface area contributed by atoms with Gasteiger partial charge in [-0.25, -0.2) is 8.42 Å². The second kappa shape index (κ2) is 9.31. The Hall–Kier alpha value is -1.44. The molecule has 7 heteroatoms. The number of amides is 1. The van der Waals surface area contributed by atoms with Gasteiger partial charge in [-0.3, -0.25) is 4.79 Å². The first-order valence-electron chi connectivity index (χ1n) is 8.90. The second-order valence-corrected chi connectivity index (χ2v) is 8.70. The normalized spacial score (nSPS) is 15.6. The van der Waals surface area contributed by atoms with E-state index >= 15 is 0 Å². The van der Waals surface area contributed by atoms with Crippen LogP contribution in [0.4, 0.5) is 0 Å². The summed E-state index contributed by atoms with van der Waals surface area (Å²) >= 11 is 0. The summed E-state index contributed by atoms with van der Waals surface area (Å²) in [5.74, 6) is 0.0347. The Morgan fingerprint density at radius 3 is 2.40 bits per heavy atom. The van der Waals surface area contributed by atoms with Gasteiger partial charge in [-0.15, -0.1) is 0 Å². The van der Waals surface area contributed by atoms with Crippen molar-refractivity contribution in [3.63, 3.8) is 0 Å². The lowest BCUT2D eigenvalue weighted by atomic mass is 10.1. The van der Waals surface area contributed by atoms with Gasteiger partial charge in [0.15, 0.2) is 0 Å². The van der Waals surface area contributed by atoms with Crippen LogP contribution in [0.25, 0.3) is 0 Å². The molecule has 0 aromatic heterocycles. The molecule has 1 amide bonds. The fourth-order valence-corrected chi connectivity index (χ4v) is 4.39. The molecule has 0 unspecified atom stereocenters. The summed E-state index contributed by atoms with van der Waals surface area (Å²) in [4.78, 5) is 14.3. The molecule has 140 valence electrons. The van der Waals surface area contributed by atoms with Gasteiger partial charge >= 0.3 is 0 Å². The summed E-state index contributed by atoms with van der Waals surface area (Å²) in [6.45, 7) is 2.85. The highest BCUT2D eigenvalue weighted by molar-refractivity contribution is 7.89. The van der Waals surface area contributed by atoms with Gasteiger partial charge in [-0.2, -0.15) is 4.31 Å². The molecule has 1 fully saturated rings. The van der Waals surface area contributed by atoms with E-state index in [0.29, 0.717) is 37.4 Å². The molecule has 0 atom stereocenters. The largest absolute Gasteiger partial charge is 0.356 e. The van der Waals surface area contributed by atoms with E-state index in [1.807, 2.05) is 26.2 Å². The van der Waals surface area contributed by atoms with E-state index < -0.39 is 10.0 Å². The number of aryl methyl sites for hydroxylation is 1. The van der Waals surface area contributed by atoms with Gasteiger partial charge in [-0.05, 0) is 64.0 Å². The molecule has 1 N–H and O–H groups in total. The minimum Gasteiger partial charge on any atom is -0.356 e. The molecule has 25 heavy (non-hydrogen) atoms. The van der Waals surface area contributed by atoms with Crippen LogP contribution in [0.2, 0.25) is 0 Å². The number of nitrogens with one attached hydrogen (secondary N) is 1. The standard InChI is InChI=1S/C18H29N3O3S/c1-20(2)13-5-12-19-18(22)11-8-16-6-9-17(10-7-16)25(23,24)21-14-3-4-15-21/h6-7,9-10H,3-5,8,11-15H2,1-2H3,(H,19,22).